The minimum Gasteiger partial charge on any atom is -0.0651 e. The highest BCUT2D eigenvalue weighted by Gasteiger charge is 2.18. The van der Waals surface area contributed by atoms with Gasteiger partial charge in [0.25, 0.3) is 0 Å². The predicted octanol–water partition coefficient (Wildman–Crippen LogP) is 11.9. The van der Waals surface area contributed by atoms with Gasteiger partial charge in [-0.1, -0.05) is 153 Å². The summed E-state index contributed by atoms with van der Waals surface area (Å²) in [4.78, 5) is 0. The van der Waals surface area contributed by atoms with Gasteiger partial charge in [-0.3, -0.25) is 0 Å². The lowest BCUT2D eigenvalue weighted by molar-refractivity contribution is 0.923. The summed E-state index contributed by atoms with van der Waals surface area (Å²) in [6.07, 6.45) is 2.24. The van der Waals surface area contributed by atoms with E-state index in [9.17, 15) is 0 Å². The van der Waals surface area contributed by atoms with E-state index in [4.69, 9.17) is 0 Å². The largest absolute Gasteiger partial charge is 0.0651 e. The summed E-state index contributed by atoms with van der Waals surface area (Å²) in [6, 6.07) is 53.4. The Morgan fingerprint density at radius 1 is 0.405 bits per heavy atom. The van der Waals surface area contributed by atoms with Crippen LogP contribution in [0.25, 0.3) is 66.1 Å². The Labute approximate surface area is 248 Å². The quantitative estimate of drug-likeness (QED) is 0.185. The zero-order valence-electron chi connectivity index (χ0n) is 24.3. The Hall–Kier alpha value is -4.94. The first-order valence-corrected chi connectivity index (χ1v) is 15.0. The standard InChI is InChI=1S/C42H34/c1-3-14-31-17-7-8-20-36(31)35-26-25-34(27-29(35)2)42-39-23-11-9-21-37(39)41(38-22-10-12-24-40(38)42)33-19-13-18-32(28-33)30-15-5-4-6-16-30/h4-13,15-28H,3,14H2,1-2H3. The SMILES string of the molecule is CCCc1ccccc1-c1ccc(-c2c3ccccc3c(-c3cccc(-c4ccccc4)c3)c3ccccc23)cc1C. The highest BCUT2D eigenvalue weighted by Crippen LogP contribution is 2.45. The molecule has 0 atom stereocenters. The molecule has 202 valence electrons. The summed E-state index contributed by atoms with van der Waals surface area (Å²) in [5.74, 6) is 0. The number of benzene rings is 7. The first-order valence-electron chi connectivity index (χ1n) is 15.0. The summed E-state index contributed by atoms with van der Waals surface area (Å²) in [5.41, 5.74) is 13.0. The predicted molar refractivity (Wildman–Crippen MR) is 182 cm³/mol. The smallest absolute Gasteiger partial charge is 0.00262 e. The van der Waals surface area contributed by atoms with Crippen LogP contribution in [-0.2, 0) is 6.42 Å². The maximum Gasteiger partial charge on any atom is -0.00262 e. The normalized spacial score (nSPS) is 11.3. The fourth-order valence-electron chi connectivity index (χ4n) is 6.63. The molecule has 0 radical (unpaired) electrons. The van der Waals surface area contributed by atoms with Gasteiger partial charge in [0, 0.05) is 0 Å². The summed E-state index contributed by atoms with van der Waals surface area (Å²) in [7, 11) is 0. The molecule has 0 heteroatoms. The average Bonchev–Trinajstić information content (AvgIpc) is 3.04. The van der Waals surface area contributed by atoms with Crippen LogP contribution < -0.4 is 0 Å². The second-order valence-corrected chi connectivity index (χ2v) is 11.2. The van der Waals surface area contributed by atoms with Crippen molar-refractivity contribution < 1.29 is 0 Å². The van der Waals surface area contributed by atoms with Crippen LogP contribution in [0.5, 0.6) is 0 Å². The van der Waals surface area contributed by atoms with Gasteiger partial charge in [-0.15, -0.1) is 0 Å². The monoisotopic (exact) mass is 538 g/mol. The van der Waals surface area contributed by atoms with Gasteiger partial charge in [-0.2, -0.15) is 0 Å². The minimum atomic E-state index is 1.10. The summed E-state index contributed by atoms with van der Waals surface area (Å²) in [6.45, 7) is 4.51. The van der Waals surface area contributed by atoms with Gasteiger partial charge < -0.3 is 0 Å². The molecule has 7 aromatic carbocycles. The van der Waals surface area contributed by atoms with Crippen molar-refractivity contribution in [2.24, 2.45) is 0 Å². The molecule has 0 aliphatic rings. The topological polar surface area (TPSA) is 0 Å². The van der Waals surface area contributed by atoms with E-state index in [0.717, 1.165) is 12.8 Å². The van der Waals surface area contributed by atoms with E-state index >= 15 is 0 Å². The van der Waals surface area contributed by atoms with Crippen LogP contribution in [-0.4, -0.2) is 0 Å². The molecule has 0 nitrogen and oxygen atoms in total. The Balaban J connectivity index is 1.45. The molecule has 0 spiro atoms. The summed E-state index contributed by atoms with van der Waals surface area (Å²) in [5, 5.41) is 5.14. The van der Waals surface area contributed by atoms with Crippen molar-refractivity contribution >= 4 is 21.5 Å². The van der Waals surface area contributed by atoms with Crippen molar-refractivity contribution in [3.8, 4) is 44.5 Å². The van der Waals surface area contributed by atoms with Gasteiger partial charge in [0.05, 0.1) is 0 Å². The van der Waals surface area contributed by atoms with Gasteiger partial charge in [-0.25, -0.2) is 0 Å². The summed E-state index contributed by atoms with van der Waals surface area (Å²) >= 11 is 0. The molecular formula is C42H34. The van der Waals surface area contributed by atoms with Gasteiger partial charge >= 0.3 is 0 Å². The van der Waals surface area contributed by atoms with E-state index in [1.165, 1.54) is 77.2 Å². The van der Waals surface area contributed by atoms with Crippen molar-refractivity contribution in [1.82, 2.24) is 0 Å². The number of aryl methyl sites for hydroxylation is 2. The molecule has 0 aliphatic carbocycles. The lowest BCUT2D eigenvalue weighted by Crippen LogP contribution is -1.94. The lowest BCUT2D eigenvalue weighted by Gasteiger charge is -2.19. The molecule has 0 saturated carbocycles. The van der Waals surface area contributed by atoms with Gasteiger partial charge in [0.15, 0.2) is 0 Å². The Kier molecular flexibility index (Phi) is 6.90. The van der Waals surface area contributed by atoms with E-state index in [2.05, 4.69) is 159 Å². The third-order valence-corrected chi connectivity index (χ3v) is 8.53. The number of hydrogen-bond acceptors (Lipinski definition) is 0. The molecule has 0 bridgehead atoms. The van der Waals surface area contributed by atoms with Crippen LogP contribution in [0.3, 0.4) is 0 Å². The number of hydrogen-bond donors (Lipinski definition) is 0. The van der Waals surface area contributed by atoms with Crippen molar-refractivity contribution in [2.45, 2.75) is 26.7 Å². The lowest BCUT2D eigenvalue weighted by atomic mass is 9.84. The highest BCUT2D eigenvalue weighted by molar-refractivity contribution is 6.21. The average molecular weight is 539 g/mol. The molecule has 0 unspecified atom stereocenters. The van der Waals surface area contributed by atoms with Crippen molar-refractivity contribution in [3.05, 3.63) is 157 Å². The van der Waals surface area contributed by atoms with E-state index in [-0.39, 0.29) is 0 Å². The van der Waals surface area contributed by atoms with Crippen LogP contribution in [0.1, 0.15) is 24.5 Å². The van der Waals surface area contributed by atoms with E-state index in [0.29, 0.717) is 0 Å². The van der Waals surface area contributed by atoms with E-state index in [1.807, 2.05) is 0 Å². The highest BCUT2D eigenvalue weighted by atomic mass is 14.2. The number of fused-ring (bicyclic) bond motifs is 2. The third-order valence-electron chi connectivity index (χ3n) is 8.53. The zero-order valence-corrected chi connectivity index (χ0v) is 24.3. The molecule has 7 aromatic rings. The molecule has 42 heavy (non-hydrogen) atoms. The Morgan fingerprint density at radius 3 is 1.55 bits per heavy atom. The second-order valence-electron chi connectivity index (χ2n) is 11.2. The minimum absolute atomic E-state index is 1.10. The first kappa shape index (κ1) is 26.0. The molecule has 0 N–H and O–H groups in total. The Bertz CT molecular complexity index is 1990. The maximum atomic E-state index is 2.39. The first-order chi connectivity index (χ1) is 20.7. The fourth-order valence-corrected chi connectivity index (χ4v) is 6.63. The zero-order chi connectivity index (χ0) is 28.5. The van der Waals surface area contributed by atoms with Crippen LogP contribution in [0.4, 0.5) is 0 Å². The molecule has 0 amide bonds. The molecule has 7 rings (SSSR count). The maximum absolute atomic E-state index is 2.39. The molecule has 0 fully saturated rings. The van der Waals surface area contributed by atoms with Gasteiger partial charge in [0.2, 0.25) is 0 Å². The van der Waals surface area contributed by atoms with E-state index < -0.39 is 0 Å². The molecule has 0 saturated heterocycles. The van der Waals surface area contributed by atoms with Crippen molar-refractivity contribution in [1.29, 1.82) is 0 Å². The van der Waals surface area contributed by atoms with Crippen LogP contribution in [0.15, 0.2) is 146 Å². The van der Waals surface area contributed by atoms with Gasteiger partial charge in [-0.05, 0) is 96.6 Å². The number of rotatable bonds is 6. The summed E-state index contributed by atoms with van der Waals surface area (Å²) < 4.78 is 0. The van der Waals surface area contributed by atoms with Crippen molar-refractivity contribution in [2.75, 3.05) is 0 Å². The molecule has 0 aliphatic heterocycles. The van der Waals surface area contributed by atoms with Crippen LogP contribution in [0, 0.1) is 6.92 Å². The fraction of sp³-hybridized carbons (Fsp3) is 0.0952. The van der Waals surface area contributed by atoms with Crippen LogP contribution >= 0.6 is 0 Å². The molecule has 0 heterocycles. The Morgan fingerprint density at radius 2 is 0.929 bits per heavy atom. The van der Waals surface area contributed by atoms with E-state index in [1.54, 1.807) is 0 Å². The van der Waals surface area contributed by atoms with Crippen molar-refractivity contribution in [3.63, 3.8) is 0 Å². The van der Waals surface area contributed by atoms with Gasteiger partial charge in [0.1, 0.15) is 0 Å². The third kappa shape index (κ3) is 4.60. The molecule has 0 aromatic heterocycles. The van der Waals surface area contributed by atoms with Crippen LogP contribution in [0.2, 0.25) is 0 Å². The second kappa shape index (κ2) is 11.1. The molecular weight excluding hydrogens is 504 g/mol.